The van der Waals surface area contributed by atoms with Crippen molar-refractivity contribution in [1.82, 2.24) is 0 Å². The first-order valence-electron chi connectivity index (χ1n) is 6.11. The standard InChI is InChI=1S/C16H17NO/c17-12-15-8-6-14(7-9-15)11-16(18)10-13-4-2-1-3-5-13/h1-9H,10-12,17H2. The first-order valence-corrected chi connectivity index (χ1v) is 6.11. The molecule has 0 aliphatic rings. The van der Waals surface area contributed by atoms with Crippen LogP contribution in [0.3, 0.4) is 0 Å². The molecular weight excluding hydrogens is 222 g/mol. The van der Waals surface area contributed by atoms with Gasteiger partial charge < -0.3 is 5.73 Å². The second kappa shape index (κ2) is 6.12. The summed E-state index contributed by atoms with van der Waals surface area (Å²) in [7, 11) is 0. The van der Waals surface area contributed by atoms with Gasteiger partial charge in [0.25, 0.3) is 0 Å². The van der Waals surface area contributed by atoms with Gasteiger partial charge in [-0.25, -0.2) is 0 Å². The summed E-state index contributed by atoms with van der Waals surface area (Å²) in [6.07, 6.45) is 0.985. The van der Waals surface area contributed by atoms with Crippen molar-refractivity contribution in [3.8, 4) is 0 Å². The van der Waals surface area contributed by atoms with Gasteiger partial charge in [-0.2, -0.15) is 0 Å². The normalized spacial score (nSPS) is 10.3. The van der Waals surface area contributed by atoms with E-state index in [1.54, 1.807) is 0 Å². The lowest BCUT2D eigenvalue weighted by molar-refractivity contribution is -0.117. The average molecular weight is 239 g/mol. The third-order valence-corrected chi connectivity index (χ3v) is 2.90. The van der Waals surface area contributed by atoms with Crippen LogP contribution < -0.4 is 5.73 Å². The predicted octanol–water partition coefficient (Wildman–Crippen LogP) is 2.50. The molecule has 2 heteroatoms. The second-order valence-corrected chi connectivity index (χ2v) is 4.40. The SMILES string of the molecule is NCc1ccc(CC(=O)Cc2ccccc2)cc1. The molecule has 0 aliphatic carbocycles. The fourth-order valence-corrected chi connectivity index (χ4v) is 1.91. The highest BCUT2D eigenvalue weighted by Crippen LogP contribution is 2.07. The summed E-state index contributed by atoms with van der Waals surface area (Å²) in [5.41, 5.74) is 8.75. The van der Waals surface area contributed by atoms with Crippen LogP contribution in [0.15, 0.2) is 54.6 Å². The van der Waals surface area contributed by atoms with Gasteiger partial charge in [-0.05, 0) is 16.7 Å². The van der Waals surface area contributed by atoms with Gasteiger partial charge in [0.05, 0.1) is 0 Å². The van der Waals surface area contributed by atoms with Crippen LogP contribution in [0.25, 0.3) is 0 Å². The second-order valence-electron chi connectivity index (χ2n) is 4.40. The lowest BCUT2D eigenvalue weighted by atomic mass is 10.0. The Kier molecular flexibility index (Phi) is 4.26. The summed E-state index contributed by atoms with van der Waals surface area (Å²) in [6.45, 7) is 0.540. The highest BCUT2D eigenvalue weighted by molar-refractivity contribution is 5.83. The molecule has 18 heavy (non-hydrogen) atoms. The molecule has 2 aromatic carbocycles. The molecule has 0 atom stereocenters. The minimum absolute atomic E-state index is 0.238. The molecule has 2 rings (SSSR count). The summed E-state index contributed by atoms with van der Waals surface area (Å²) in [5.74, 6) is 0.238. The smallest absolute Gasteiger partial charge is 0.141 e. The Morgan fingerprint density at radius 2 is 1.28 bits per heavy atom. The van der Waals surface area contributed by atoms with E-state index in [9.17, 15) is 4.79 Å². The van der Waals surface area contributed by atoms with E-state index >= 15 is 0 Å². The largest absolute Gasteiger partial charge is 0.326 e. The van der Waals surface area contributed by atoms with Gasteiger partial charge >= 0.3 is 0 Å². The zero-order valence-corrected chi connectivity index (χ0v) is 10.3. The van der Waals surface area contributed by atoms with Crippen molar-refractivity contribution in [2.24, 2.45) is 5.73 Å². The molecule has 0 radical (unpaired) electrons. The van der Waals surface area contributed by atoms with Crippen LogP contribution in [0.2, 0.25) is 0 Å². The molecule has 0 fully saturated rings. The highest BCUT2D eigenvalue weighted by atomic mass is 16.1. The highest BCUT2D eigenvalue weighted by Gasteiger charge is 2.04. The van der Waals surface area contributed by atoms with Crippen LogP contribution in [0.1, 0.15) is 16.7 Å². The van der Waals surface area contributed by atoms with Gasteiger partial charge in [0.2, 0.25) is 0 Å². The minimum atomic E-state index is 0.238. The zero-order valence-electron chi connectivity index (χ0n) is 10.3. The molecule has 0 bridgehead atoms. The van der Waals surface area contributed by atoms with Crippen molar-refractivity contribution in [1.29, 1.82) is 0 Å². The number of Topliss-reactive ketones (excluding diaryl/α,β-unsaturated/α-hetero) is 1. The molecule has 0 amide bonds. The third kappa shape index (κ3) is 3.54. The molecule has 0 saturated carbocycles. The van der Waals surface area contributed by atoms with Crippen LogP contribution in [-0.2, 0) is 24.2 Å². The number of hydrogen-bond donors (Lipinski definition) is 1. The predicted molar refractivity (Wildman–Crippen MR) is 73.2 cm³/mol. The minimum Gasteiger partial charge on any atom is -0.326 e. The fourth-order valence-electron chi connectivity index (χ4n) is 1.91. The van der Waals surface area contributed by atoms with Crippen molar-refractivity contribution in [2.45, 2.75) is 19.4 Å². The van der Waals surface area contributed by atoms with Gasteiger partial charge in [-0.15, -0.1) is 0 Å². The quantitative estimate of drug-likeness (QED) is 0.871. The lowest BCUT2D eigenvalue weighted by Crippen LogP contribution is -2.06. The maximum Gasteiger partial charge on any atom is 0.141 e. The number of carbonyl (C=O) groups excluding carboxylic acids is 1. The van der Waals surface area contributed by atoms with Crippen LogP contribution in [0.5, 0.6) is 0 Å². The van der Waals surface area contributed by atoms with E-state index in [0.29, 0.717) is 19.4 Å². The van der Waals surface area contributed by atoms with Crippen molar-refractivity contribution in [3.05, 3.63) is 71.3 Å². The molecule has 2 N–H and O–H groups in total. The van der Waals surface area contributed by atoms with Crippen molar-refractivity contribution >= 4 is 5.78 Å². The number of nitrogens with two attached hydrogens (primary N) is 1. The van der Waals surface area contributed by atoms with Gasteiger partial charge in [-0.1, -0.05) is 54.6 Å². The Hall–Kier alpha value is -1.93. The molecule has 0 heterocycles. The lowest BCUT2D eigenvalue weighted by Gasteiger charge is -2.03. The topological polar surface area (TPSA) is 43.1 Å². The summed E-state index contributed by atoms with van der Waals surface area (Å²) < 4.78 is 0. The Bertz CT molecular complexity index is 502. The molecule has 0 saturated heterocycles. The first-order chi connectivity index (χ1) is 8.78. The Morgan fingerprint density at radius 1 is 0.778 bits per heavy atom. The van der Waals surface area contributed by atoms with E-state index in [1.165, 1.54) is 0 Å². The molecule has 0 aromatic heterocycles. The van der Waals surface area contributed by atoms with Crippen molar-refractivity contribution in [2.75, 3.05) is 0 Å². The Labute approximate surface area is 107 Å². The number of rotatable bonds is 5. The van der Waals surface area contributed by atoms with Gasteiger partial charge in [0.1, 0.15) is 5.78 Å². The Morgan fingerprint density at radius 3 is 1.83 bits per heavy atom. The molecule has 0 unspecified atom stereocenters. The van der Waals surface area contributed by atoms with Gasteiger partial charge in [-0.3, -0.25) is 4.79 Å². The van der Waals surface area contributed by atoms with E-state index in [2.05, 4.69) is 0 Å². The number of carbonyl (C=O) groups is 1. The molecule has 2 nitrogen and oxygen atoms in total. The van der Waals surface area contributed by atoms with Crippen LogP contribution in [0.4, 0.5) is 0 Å². The maximum atomic E-state index is 11.9. The fraction of sp³-hybridized carbons (Fsp3) is 0.188. The molecule has 0 aliphatic heterocycles. The summed E-state index contributed by atoms with van der Waals surface area (Å²) in [6, 6.07) is 17.7. The van der Waals surface area contributed by atoms with E-state index in [1.807, 2.05) is 54.6 Å². The van der Waals surface area contributed by atoms with Crippen molar-refractivity contribution in [3.63, 3.8) is 0 Å². The first kappa shape index (κ1) is 12.5. The molecule has 0 spiro atoms. The number of benzene rings is 2. The summed E-state index contributed by atoms with van der Waals surface area (Å²) in [5, 5.41) is 0. The van der Waals surface area contributed by atoms with E-state index < -0.39 is 0 Å². The zero-order chi connectivity index (χ0) is 12.8. The summed E-state index contributed by atoms with van der Waals surface area (Å²) in [4.78, 5) is 11.9. The van der Waals surface area contributed by atoms with E-state index in [4.69, 9.17) is 5.73 Å². The monoisotopic (exact) mass is 239 g/mol. The number of ketones is 1. The average Bonchev–Trinajstić information content (AvgIpc) is 2.40. The van der Waals surface area contributed by atoms with E-state index in [-0.39, 0.29) is 5.78 Å². The maximum absolute atomic E-state index is 11.9. The molecule has 92 valence electrons. The van der Waals surface area contributed by atoms with E-state index in [0.717, 1.165) is 16.7 Å². The van der Waals surface area contributed by atoms with Crippen LogP contribution in [0, 0.1) is 0 Å². The molecule has 2 aromatic rings. The molecular formula is C16H17NO. The Balaban J connectivity index is 1.94. The van der Waals surface area contributed by atoms with Gasteiger partial charge in [0, 0.05) is 19.4 Å². The number of hydrogen-bond acceptors (Lipinski definition) is 2. The van der Waals surface area contributed by atoms with Crippen molar-refractivity contribution < 1.29 is 4.79 Å². The van der Waals surface area contributed by atoms with Crippen LogP contribution in [-0.4, -0.2) is 5.78 Å². The van der Waals surface area contributed by atoms with Crippen LogP contribution >= 0.6 is 0 Å². The van der Waals surface area contributed by atoms with Gasteiger partial charge in [0.15, 0.2) is 0 Å². The third-order valence-electron chi connectivity index (χ3n) is 2.90. The summed E-state index contributed by atoms with van der Waals surface area (Å²) >= 11 is 0.